The Balaban J connectivity index is 1.77. The number of nitrogens with one attached hydrogen (secondary N) is 1. The molecule has 1 N–H and O–H groups in total. The second-order valence-electron chi connectivity index (χ2n) is 6.15. The molecule has 0 aromatic rings. The third kappa shape index (κ3) is 4.66. The summed E-state index contributed by atoms with van der Waals surface area (Å²) in [5.41, 5.74) is 0. The van der Waals surface area contributed by atoms with E-state index < -0.39 is 18.0 Å². The standard InChI is InChI=1S/C17H24N2O6/c1-11(15(21)18-8-10-24-2)25-14(20)7-9-19-16(22)12-5-3-4-6-13(12)17(19)23/h3-4,11-13H,5-10H2,1-2H3,(H,18,21)/t11-,12-,13+/m1/s1. The monoisotopic (exact) mass is 352 g/mol. The number of rotatable bonds is 8. The molecule has 0 aromatic heterocycles. The number of imide groups is 1. The number of hydrogen-bond acceptors (Lipinski definition) is 6. The number of fused-ring (bicyclic) bond motifs is 1. The van der Waals surface area contributed by atoms with Crippen LogP contribution in [0, 0.1) is 11.8 Å². The molecular formula is C17H24N2O6. The lowest BCUT2D eigenvalue weighted by molar-refractivity contribution is -0.155. The van der Waals surface area contributed by atoms with Gasteiger partial charge in [-0.1, -0.05) is 12.2 Å². The van der Waals surface area contributed by atoms with Gasteiger partial charge in [-0.25, -0.2) is 0 Å². The van der Waals surface area contributed by atoms with Gasteiger partial charge in [0, 0.05) is 20.2 Å². The molecule has 0 radical (unpaired) electrons. The summed E-state index contributed by atoms with van der Waals surface area (Å²) in [5, 5.41) is 2.57. The second kappa shape index (κ2) is 8.75. The van der Waals surface area contributed by atoms with Gasteiger partial charge in [-0.15, -0.1) is 0 Å². The molecule has 1 saturated heterocycles. The van der Waals surface area contributed by atoms with Crippen LogP contribution in [-0.4, -0.2) is 61.5 Å². The Morgan fingerprint density at radius 3 is 2.40 bits per heavy atom. The maximum Gasteiger partial charge on any atom is 0.308 e. The molecule has 3 amide bonds. The fourth-order valence-corrected chi connectivity index (χ4v) is 3.02. The fraction of sp³-hybridized carbons (Fsp3) is 0.647. The van der Waals surface area contributed by atoms with Crippen molar-refractivity contribution in [2.45, 2.75) is 32.3 Å². The predicted octanol–water partition coefficient (Wildman–Crippen LogP) is 0.0220. The average Bonchev–Trinajstić information content (AvgIpc) is 2.84. The highest BCUT2D eigenvalue weighted by Crippen LogP contribution is 2.34. The van der Waals surface area contributed by atoms with Gasteiger partial charge in [-0.2, -0.15) is 0 Å². The first kappa shape index (κ1) is 19.1. The molecule has 3 atom stereocenters. The van der Waals surface area contributed by atoms with Crippen molar-refractivity contribution in [3.63, 3.8) is 0 Å². The first-order valence-electron chi connectivity index (χ1n) is 8.42. The molecule has 0 spiro atoms. The molecule has 0 unspecified atom stereocenters. The lowest BCUT2D eigenvalue weighted by Gasteiger charge is -2.16. The summed E-state index contributed by atoms with van der Waals surface area (Å²) in [7, 11) is 1.52. The predicted molar refractivity (Wildman–Crippen MR) is 87.1 cm³/mol. The smallest absolute Gasteiger partial charge is 0.308 e. The van der Waals surface area contributed by atoms with Gasteiger partial charge in [-0.05, 0) is 19.8 Å². The minimum atomic E-state index is -0.943. The number of esters is 1. The van der Waals surface area contributed by atoms with Crippen LogP contribution in [0.15, 0.2) is 12.2 Å². The van der Waals surface area contributed by atoms with Gasteiger partial charge in [0.25, 0.3) is 5.91 Å². The van der Waals surface area contributed by atoms with E-state index in [1.54, 1.807) is 0 Å². The van der Waals surface area contributed by atoms with Crippen molar-refractivity contribution in [1.82, 2.24) is 10.2 Å². The molecule has 1 heterocycles. The highest BCUT2D eigenvalue weighted by atomic mass is 16.5. The molecule has 1 aliphatic carbocycles. The van der Waals surface area contributed by atoms with E-state index in [9.17, 15) is 19.2 Å². The third-order valence-corrected chi connectivity index (χ3v) is 4.42. The number of amides is 3. The summed E-state index contributed by atoms with van der Waals surface area (Å²) in [6, 6.07) is 0. The van der Waals surface area contributed by atoms with E-state index in [1.165, 1.54) is 14.0 Å². The van der Waals surface area contributed by atoms with Crippen LogP contribution >= 0.6 is 0 Å². The Morgan fingerprint density at radius 2 is 1.84 bits per heavy atom. The van der Waals surface area contributed by atoms with E-state index in [0.717, 1.165) is 4.90 Å². The van der Waals surface area contributed by atoms with Crippen LogP contribution in [0.5, 0.6) is 0 Å². The molecular weight excluding hydrogens is 328 g/mol. The number of likely N-dealkylation sites (tertiary alicyclic amines) is 1. The number of nitrogens with zero attached hydrogens (tertiary/aromatic N) is 1. The minimum Gasteiger partial charge on any atom is -0.452 e. The van der Waals surface area contributed by atoms with Gasteiger partial charge < -0.3 is 14.8 Å². The zero-order chi connectivity index (χ0) is 18.4. The van der Waals surface area contributed by atoms with Crippen LogP contribution in [0.4, 0.5) is 0 Å². The molecule has 1 aliphatic heterocycles. The van der Waals surface area contributed by atoms with Crippen molar-refractivity contribution < 1.29 is 28.7 Å². The number of allylic oxidation sites excluding steroid dienone is 2. The van der Waals surface area contributed by atoms with Gasteiger partial charge in [0.2, 0.25) is 11.8 Å². The zero-order valence-corrected chi connectivity index (χ0v) is 14.5. The number of methoxy groups -OCH3 is 1. The van der Waals surface area contributed by atoms with E-state index in [2.05, 4.69) is 5.32 Å². The Morgan fingerprint density at radius 1 is 1.24 bits per heavy atom. The van der Waals surface area contributed by atoms with Crippen LogP contribution in [0.3, 0.4) is 0 Å². The van der Waals surface area contributed by atoms with Crippen molar-refractivity contribution in [2.24, 2.45) is 11.8 Å². The van der Waals surface area contributed by atoms with E-state index in [1.807, 2.05) is 12.2 Å². The normalized spacial score (nSPS) is 23.4. The maximum absolute atomic E-state index is 12.3. The van der Waals surface area contributed by atoms with Gasteiger partial charge in [-0.3, -0.25) is 24.1 Å². The molecule has 2 rings (SSSR count). The van der Waals surface area contributed by atoms with Crippen LogP contribution < -0.4 is 5.32 Å². The number of ether oxygens (including phenoxy) is 2. The average molecular weight is 352 g/mol. The molecule has 25 heavy (non-hydrogen) atoms. The summed E-state index contributed by atoms with van der Waals surface area (Å²) >= 11 is 0. The van der Waals surface area contributed by atoms with Crippen molar-refractivity contribution in [1.29, 1.82) is 0 Å². The third-order valence-electron chi connectivity index (χ3n) is 4.42. The van der Waals surface area contributed by atoms with E-state index in [4.69, 9.17) is 9.47 Å². The number of carbonyl (C=O) groups is 4. The van der Waals surface area contributed by atoms with Gasteiger partial charge >= 0.3 is 5.97 Å². The van der Waals surface area contributed by atoms with Gasteiger partial charge in [0.05, 0.1) is 24.9 Å². The maximum atomic E-state index is 12.3. The Kier molecular flexibility index (Phi) is 6.69. The second-order valence-corrected chi connectivity index (χ2v) is 6.15. The van der Waals surface area contributed by atoms with Crippen LogP contribution in [0.1, 0.15) is 26.2 Å². The molecule has 0 saturated carbocycles. The molecule has 0 aromatic carbocycles. The van der Waals surface area contributed by atoms with Crippen molar-refractivity contribution >= 4 is 23.7 Å². The Hall–Kier alpha value is -2.22. The van der Waals surface area contributed by atoms with E-state index >= 15 is 0 Å². The molecule has 138 valence electrons. The summed E-state index contributed by atoms with van der Waals surface area (Å²) in [6.07, 6.45) is 3.88. The Labute approximate surface area is 146 Å². The summed E-state index contributed by atoms with van der Waals surface area (Å²) in [5.74, 6) is -2.10. The topological polar surface area (TPSA) is 102 Å². The van der Waals surface area contributed by atoms with Crippen molar-refractivity contribution in [3.05, 3.63) is 12.2 Å². The minimum absolute atomic E-state index is 0.0124. The van der Waals surface area contributed by atoms with Crippen LogP contribution in [0.2, 0.25) is 0 Å². The highest BCUT2D eigenvalue weighted by molar-refractivity contribution is 6.05. The van der Waals surface area contributed by atoms with E-state index in [0.29, 0.717) is 26.0 Å². The fourth-order valence-electron chi connectivity index (χ4n) is 3.02. The summed E-state index contributed by atoms with van der Waals surface area (Å²) < 4.78 is 9.85. The van der Waals surface area contributed by atoms with Gasteiger partial charge in [0.15, 0.2) is 6.10 Å². The summed E-state index contributed by atoms with van der Waals surface area (Å²) in [6.45, 7) is 2.14. The van der Waals surface area contributed by atoms with Crippen LogP contribution in [-0.2, 0) is 28.7 Å². The number of carbonyl (C=O) groups excluding carboxylic acids is 4. The SMILES string of the molecule is COCCNC(=O)[C@@H](C)OC(=O)CCN1C(=O)[C@H]2CC=CC[C@H]2C1=O. The quantitative estimate of drug-likeness (QED) is 0.286. The summed E-state index contributed by atoms with van der Waals surface area (Å²) in [4.78, 5) is 49.3. The molecule has 0 bridgehead atoms. The van der Waals surface area contributed by atoms with Crippen molar-refractivity contribution in [2.75, 3.05) is 26.8 Å². The first-order valence-corrected chi connectivity index (χ1v) is 8.42. The van der Waals surface area contributed by atoms with Crippen molar-refractivity contribution in [3.8, 4) is 0 Å². The molecule has 8 nitrogen and oxygen atoms in total. The molecule has 1 fully saturated rings. The largest absolute Gasteiger partial charge is 0.452 e. The zero-order valence-electron chi connectivity index (χ0n) is 14.5. The Bertz CT molecular complexity index is 547. The van der Waals surface area contributed by atoms with Crippen LogP contribution in [0.25, 0.3) is 0 Å². The molecule has 2 aliphatic rings. The first-order chi connectivity index (χ1) is 12.0. The van der Waals surface area contributed by atoms with E-state index in [-0.39, 0.29) is 36.6 Å². The van der Waals surface area contributed by atoms with Gasteiger partial charge in [0.1, 0.15) is 0 Å². The lowest BCUT2D eigenvalue weighted by Crippen LogP contribution is -2.38. The highest BCUT2D eigenvalue weighted by Gasteiger charge is 2.46. The molecule has 8 heteroatoms. The lowest BCUT2D eigenvalue weighted by atomic mass is 9.85. The number of hydrogen-bond donors (Lipinski definition) is 1.